The van der Waals surface area contributed by atoms with E-state index in [1.165, 1.54) is 6.20 Å². The highest BCUT2D eigenvalue weighted by atomic mass is 16.5. The van der Waals surface area contributed by atoms with Crippen molar-refractivity contribution in [1.29, 1.82) is 0 Å². The first-order valence-electron chi connectivity index (χ1n) is 6.67. The first-order valence-corrected chi connectivity index (χ1v) is 6.67. The van der Waals surface area contributed by atoms with Crippen LogP contribution in [0.2, 0.25) is 0 Å². The summed E-state index contributed by atoms with van der Waals surface area (Å²) in [5, 5.41) is 7.36. The predicted molar refractivity (Wildman–Crippen MR) is 78.5 cm³/mol. The maximum absolute atomic E-state index is 12.2. The van der Waals surface area contributed by atoms with E-state index in [4.69, 9.17) is 9.26 Å². The Morgan fingerprint density at radius 1 is 1.41 bits per heavy atom. The fourth-order valence-electron chi connectivity index (χ4n) is 2.09. The predicted octanol–water partition coefficient (Wildman–Crippen LogP) is 1.86. The van der Waals surface area contributed by atoms with Crippen LogP contribution in [-0.4, -0.2) is 28.1 Å². The van der Waals surface area contributed by atoms with E-state index in [1.807, 2.05) is 6.07 Å². The Kier molecular flexibility index (Phi) is 3.69. The minimum absolute atomic E-state index is 0.235. The number of carbonyl (C=O) groups is 1. The van der Waals surface area contributed by atoms with Crippen molar-refractivity contribution >= 4 is 17.0 Å². The molecule has 0 spiro atoms. The van der Waals surface area contributed by atoms with Crippen LogP contribution in [0.1, 0.15) is 21.6 Å². The molecule has 0 atom stereocenters. The summed E-state index contributed by atoms with van der Waals surface area (Å²) in [5.41, 5.74) is 2.37. The van der Waals surface area contributed by atoms with Gasteiger partial charge in [-0.05, 0) is 19.1 Å². The third kappa shape index (κ3) is 2.60. The molecule has 0 aliphatic carbocycles. The molecule has 0 aliphatic rings. The third-order valence-corrected chi connectivity index (χ3v) is 3.25. The zero-order valence-corrected chi connectivity index (χ0v) is 12.2. The zero-order valence-electron chi connectivity index (χ0n) is 12.2. The highest BCUT2D eigenvalue weighted by Crippen LogP contribution is 2.17. The largest absolute Gasteiger partial charge is 0.481 e. The van der Waals surface area contributed by atoms with E-state index in [-0.39, 0.29) is 5.91 Å². The van der Waals surface area contributed by atoms with Gasteiger partial charge in [-0.15, -0.1) is 0 Å². The highest BCUT2D eigenvalue weighted by Gasteiger charge is 2.12. The topological polar surface area (TPSA) is 90.1 Å². The average molecular weight is 298 g/mol. The monoisotopic (exact) mass is 298 g/mol. The van der Waals surface area contributed by atoms with Gasteiger partial charge in [0.05, 0.1) is 23.8 Å². The van der Waals surface area contributed by atoms with Gasteiger partial charge in [-0.1, -0.05) is 11.2 Å². The molecule has 1 amide bonds. The summed E-state index contributed by atoms with van der Waals surface area (Å²) in [6, 6.07) is 5.35. The normalized spacial score (nSPS) is 10.6. The molecule has 3 heterocycles. The maximum Gasteiger partial charge on any atom is 0.257 e. The fourth-order valence-corrected chi connectivity index (χ4v) is 2.09. The number of amides is 1. The minimum atomic E-state index is -0.235. The molecule has 0 radical (unpaired) electrons. The number of hydrogen-bond acceptors (Lipinski definition) is 6. The van der Waals surface area contributed by atoms with Crippen molar-refractivity contribution in [2.45, 2.75) is 13.5 Å². The van der Waals surface area contributed by atoms with Crippen LogP contribution in [-0.2, 0) is 6.54 Å². The first-order chi connectivity index (χ1) is 10.7. The molecule has 112 valence electrons. The molecular formula is C15H14N4O3. The zero-order chi connectivity index (χ0) is 15.5. The van der Waals surface area contributed by atoms with Crippen molar-refractivity contribution in [1.82, 2.24) is 20.4 Å². The number of aromatic nitrogens is 3. The number of methoxy groups -OCH3 is 1. The fraction of sp³-hybridized carbons (Fsp3) is 0.200. The maximum atomic E-state index is 12.2. The Hall–Kier alpha value is -2.96. The van der Waals surface area contributed by atoms with Gasteiger partial charge < -0.3 is 14.6 Å². The Bertz CT molecular complexity index is 829. The van der Waals surface area contributed by atoms with E-state index < -0.39 is 0 Å². The smallest absolute Gasteiger partial charge is 0.257 e. The summed E-state index contributed by atoms with van der Waals surface area (Å²) in [6.45, 7) is 2.12. The van der Waals surface area contributed by atoms with Crippen LogP contribution in [0.3, 0.4) is 0 Å². The Balaban J connectivity index is 1.77. The number of hydrogen-bond donors (Lipinski definition) is 1. The quantitative estimate of drug-likeness (QED) is 0.790. The van der Waals surface area contributed by atoms with Crippen molar-refractivity contribution < 1.29 is 14.1 Å². The second kappa shape index (κ2) is 5.80. The lowest BCUT2D eigenvalue weighted by atomic mass is 10.2. The SMILES string of the molecule is COc1ncccc1CNC(=O)c1cnc2onc(C)c2c1. The Morgan fingerprint density at radius 2 is 2.27 bits per heavy atom. The molecule has 7 nitrogen and oxygen atoms in total. The summed E-state index contributed by atoms with van der Waals surface area (Å²) in [4.78, 5) is 20.4. The van der Waals surface area contributed by atoms with Crippen molar-refractivity contribution in [3.05, 3.63) is 47.4 Å². The molecule has 0 fully saturated rings. The van der Waals surface area contributed by atoms with Gasteiger partial charge in [0.25, 0.3) is 11.6 Å². The molecule has 0 unspecified atom stereocenters. The first kappa shape index (κ1) is 14.0. The molecule has 3 rings (SSSR count). The van der Waals surface area contributed by atoms with E-state index in [9.17, 15) is 4.79 Å². The molecule has 22 heavy (non-hydrogen) atoms. The number of fused-ring (bicyclic) bond motifs is 1. The summed E-state index contributed by atoms with van der Waals surface area (Å²) in [6.07, 6.45) is 3.10. The molecule has 0 aliphatic heterocycles. The lowest BCUT2D eigenvalue weighted by Crippen LogP contribution is -2.23. The number of rotatable bonds is 4. The van der Waals surface area contributed by atoms with Crippen LogP contribution in [0.5, 0.6) is 5.88 Å². The molecule has 3 aromatic rings. The number of nitrogens with zero attached hydrogens (tertiary/aromatic N) is 3. The van der Waals surface area contributed by atoms with Gasteiger partial charge in [-0.3, -0.25) is 4.79 Å². The standard InChI is InChI=1S/C15H14N4O3/c1-9-12-6-11(8-18-15(12)22-19-9)13(20)17-7-10-4-3-5-16-14(10)21-2/h3-6,8H,7H2,1-2H3,(H,17,20). The molecule has 0 saturated carbocycles. The van der Waals surface area contributed by atoms with Crippen LogP contribution in [0.15, 0.2) is 35.1 Å². The van der Waals surface area contributed by atoms with E-state index in [0.29, 0.717) is 29.4 Å². The minimum Gasteiger partial charge on any atom is -0.481 e. The van der Waals surface area contributed by atoms with E-state index in [1.54, 1.807) is 32.4 Å². The summed E-state index contributed by atoms with van der Waals surface area (Å²) < 4.78 is 10.2. The van der Waals surface area contributed by atoms with Crippen LogP contribution < -0.4 is 10.1 Å². The van der Waals surface area contributed by atoms with Gasteiger partial charge >= 0.3 is 0 Å². The number of aryl methyl sites for hydroxylation is 1. The molecule has 7 heteroatoms. The van der Waals surface area contributed by atoms with Crippen LogP contribution in [0, 0.1) is 6.92 Å². The molecule has 0 saturated heterocycles. The van der Waals surface area contributed by atoms with Crippen molar-refractivity contribution in [3.63, 3.8) is 0 Å². The van der Waals surface area contributed by atoms with Crippen molar-refractivity contribution in [3.8, 4) is 5.88 Å². The highest BCUT2D eigenvalue weighted by molar-refractivity contribution is 5.96. The Labute approximate surface area is 126 Å². The number of ether oxygens (including phenoxy) is 1. The molecule has 3 aromatic heterocycles. The van der Waals surface area contributed by atoms with E-state index in [0.717, 1.165) is 10.9 Å². The third-order valence-electron chi connectivity index (χ3n) is 3.25. The van der Waals surface area contributed by atoms with Crippen LogP contribution >= 0.6 is 0 Å². The molecule has 1 N–H and O–H groups in total. The average Bonchev–Trinajstić information content (AvgIpc) is 2.93. The van der Waals surface area contributed by atoms with E-state index in [2.05, 4.69) is 20.4 Å². The van der Waals surface area contributed by atoms with Gasteiger partial charge in [0.2, 0.25) is 5.88 Å². The molecule has 0 bridgehead atoms. The van der Waals surface area contributed by atoms with Crippen LogP contribution in [0.4, 0.5) is 0 Å². The molecular weight excluding hydrogens is 284 g/mol. The lowest BCUT2D eigenvalue weighted by Gasteiger charge is -2.08. The van der Waals surface area contributed by atoms with Gasteiger partial charge in [0.15, 0.2) is 0 Å². The van der Waals surface area contributed by atoms with Crippen LogP contribution in [0.25, 0.3) is 11.1 Å². The second-order valence-electron chi connectivity index (χ2n) is 4.70. The van der Waals surface area contributed by atoms with Gasteiger partial charge in [0.1, 0.15) is 0 Å². The Morgan fingerprint density at radius 3 is 3.09 bits per heavy atom. The summed E-state index contributed by atoms with van der Waals surface area (Å²) in [7, 11) is 1.54. The second-order valence-corrected chi connectivity index (χ2v) is 4.70. The van der Waals surface area contributed by atoms with Crippen molar-refractivity contribution in [2.75, 3.05) is 7.11 Å². The van der Waals surface area contributed by atoms with Gasteiger partial charge in [0, 0.05) is 24.5 Å². The number of carbonyl (C=O) groups excluding carboxylic acids is 1. The van der Waals surface area contributed by atoms with E-state index >= 15 is 0 Å². The summed E-state index contributed by atoms with van der Waals surface area (Å²) in [5.74, 6) is 0.257. The van der Waals surface area contributed by atoms with Crippen molar-refractivity contribution in [2.24, 2.45) is 0 Å². The lowest BCUT2D eigenvalue weighted by molar-refractivity contribution is 0.0950. The van der Waals surface area contributed by atoms with Gasteiger partial charge in [-0.25, -0.2) is 9.97 Å². The number of nitrogens with one attached hydrogen (secondary N) is 1. The summed E-state index contributed by atoms with van der Waals surface area (Å²) >= 11 is 0. The number of pyridine rings is 2. The van der Waals surface area contributed by atoms with Gasteiger partial charge in [-0.2, -0.15) is 0 Å². The molecule has 0 aromatic carbocycles.